The normalized spacial score (nSPS) is 26.8. The number of carbonyl (C=O) groups is 1. The lowest BCUT2D eigenvalue weighted by atomic mass is 9.90. The predicted molar refractivity (Wildman–Crippen MR) is 143 cm³/mol. The molecule has 0 saturated carbocycles. The third-order valence-corrected chi connectivity index (χ3v) is 7.73. The van der Waals surface area contributed by atoms with Gasteiger partial charge in [0.05, 0.1) is 25.4 Å². The maximum absolute atomic E-state index is 11.8. The molecule has 2 fully saturated rings. The van der Waals surface area contributed by atoms with Gasteiger partial charge in [0, 0.05) is 30.6 Å². The van der Waals surface area contributed by atoms with Gasteiger partial charge < -0.3 is 25.0 Å². The van der Waals surface area contributed by atoms with Gasteiger partial charge in [0.25, 0.3) is 9.70 Å². The van der Waals surface area contributed by atoms with Gasteiger partial charge >= 0.3 is 0 Å². The van der Waals surface area contributed by atoms with Crippen molar-refractivity contribution in [2.24, 2.45) is 5.92 Å². The second-order valence-corrected chi connectivity index (χ2v) is 12.0. The Hall–Kier alpha value is -1.42. The maximum Gasteiger partial charge on any atom is 0.272 e. The Bertz CT molecular complexity index is 1030. The van der Waals surface area contributed by atoms with E-state index in [9.17, 15) is 15.0 Å². The Morgan fingerprint density at radius 1 is 1.03 bits per heavy atom. The quantitative estimate of drug-likeness (QED) is 0.407. The number of hydrogen-bond acceptors (Lipinski definition) is 6. The summed E-state index contributed by atoms with van der Waals surface area (Å²) in [7, 11) is 0. The van der Waals surface area contributed by atoms with Crippen LogP contribution in [0.25, 0.3) is 0 Å². The lowest BCUT2D eigenvalue weighted by Crippen LogP contribution is -2.46. The van der Waals surface area contributed by atoms with E-state index in [1.807, 2.05) is 48.5 Å². The number of rotatable bonds is 8. The molecule has 0 aliphatic carbocycles. The number of carbonyl (C=O) groups excluding carboxylic acids is 1. The van der Waals surface area contributed by atoms with E-state index in [1.165, 1.54) is 0 Å². The summed E-state index contributed by atoms with van der Waals surface area (Å²) in [6.07, 6.45) is 1.13. The first-order valence-electron chi connectivity index (χ1n) is 12.5. The molecule has 3 N–H and O–H groups in total. The van der Waals surface area contributed by atoms with Crippen LogP contribution < -0.4 is 5.32 Å². The Morgan fingerprint density at radius 3 is 2.30 bits per heavy atom. The SMILES string of the molecule is CC1C(CN2CCCC2CO)OC(c2ccc(CNC(=O)C(Cl)(Cl)Cl)cc2)OC1c1ccc(CO)cc1. The van der Waals surface area contributed by atoms with Crippen molar-refractivity contribution in [3.05, 3.63) is 70.8 Å². The summed E-state index contributed by atoms with van der Waals surface area (Å²) in [5, 5.41) is 21.9. The molecule has 2 saturated heterocycles. The van der Waals surface area contributed by atoms with Gasteiger partial charge in [0.2, 0.25) is 0 Å². The van der Waals surface area contributed by atoms with Crippen LogP contribution in [0, 0.1) is 5.92 Å². The number of aliphatic hydroxyl groups is 2. The minimum absolute atomic E-state index is 0.0122. The Balaban J connectivity index is 1.52. The number of hydrogen-bond donors (Lipinski definition) is 3. The number of amides is 1. The highest BCUT2D eigenvalue weighted by molar-refractivity contribution is 6.76. The first kappa shape index (κ1) is 28.6. The minimum atomic E-state index is -2.01. The third kappa shape index (κ3) is 7.16. The molecule has 0 spiro atoms. The van der Waals surface area contributed by atoms with E-state index in [2.05, 4.69) is 17.1 Å². The van der Waals surface area contributed by atoms with Gasteiger partial charge in [-0.15, -0.1) is 0 Å². The average molecular weight is 572 g/mol. The maximum atomic E-state index is 11.8. The van der Waals surface area contributed by atoms with Gasteiger partial charge in [-0.25, -0.2) is 0 Å². The summed E-state index contributed by atoms with van der Waals surface area (Å²) < 4.78 is 11.0. The minimum Gasteiger partial charge on any atom is -0.395 e. The second kappa shape index (κ2) is 12.6. The number of ether oxygens (including phenoxy) is 2. The van der Waals surface area contributed by atoms with Crippen molar-refractivity contribution < 1.29 is 24.5 Å². The van der Waals surface area contributed by atoms with Crippen molar-refractivity contribution in [3.63, 3.8) is 0 Å². The van der Waals surface area contributed by atoms with Crippen LogP contribution in [0.15, 0.2) is 48.5 Å². The molecule has 5 unspecified atom stereocenters. The first-order valence-corrected chi connectivity index (χ1v) is 13.6. The molecule has 1 amide bonds. The third-order valence-electron chi connectivity index (χ3n) is 7.21. The van der Waals surface area contributed by atoms with Crippen LogP contribution in [0.4, 0.5) is 0 Å². The molecule has 2 aliphatic heterocycles. The van der Waals surface area contributed by atoms with Crippen LogP contribution in [-0.4, -0.2) is 56.7 Å². The summed E-state index contributed by atoms with van der Waals surface area (Å²) in [4.78, 5) is 14.1. The van der Waals surface area contributed by atoms with Crippen molar-refractivity contribution in [1.29, 1.82) is 0 Å². The fourth-order valence-corrected chi connectivity index (χ4v) is 5.18. The van der Waals surface area contributed by atoms with Crippen molar-refractivity contribution in [2.45, 2.75) is 61.2 Å². The molecule has 0 bridgehead atoms. The number of halogens is 3. The molecule has 0 aromatic heterocycles. The summed E-state index contributed by atoms with van der Waals surface area (Å²) in [6.45, 7) is 4.12. The smallest absolute Gasteiger partial charge is 0.272 e. The lowest BCUT2D eigenvalue weighted by Gasteiger charge is -2.43. The average Bonchev–Trinajstić information content (AvgIpc) is 3.35. The van der Waals surface area contributed by atoms with Crippen LogP contribution in [-0.2, 0) is 27.4 Å². The number of nitrogens with one attached hydrogen (secondary N) is 1. The molecule has 202 valence electrons. The molecule has 5 atom stereocenters. The van der Waals surface area contributed by atoms with E-state index in [1.54, 1.807) is 0 Å². The first-order chi connectivity index (χ1) is 17.7. The standard InChI is InChI=1S/C27H33Cl3N2O5/c1-17-23(14-32-12-2-3-22(32)16-34)36-25(37-24(17)20-8-6-19(15-33)7-9-20)21-10-4-18(5-11-21)13-31-26(35)27(28,29)30/h4-11,17,22-25,33-34H,2-3,12-16H2,1H3,(H,31,35). The van der Waals surface area contributed by atoms with E-state index in [0.717, 1.165) is 41.6 Å². The molecule has 2 heterocycles. The Kier molecular flexibility index (Phi) is 9.75. The van der Waals surface area contributed by atoms with Crippen LogP contribution in [0.3, 0.4) is 0 Å². The molecule has 0 radical (unpaired) electrons. The highest BCUT2D eigenvalue weighted by Crippen LogP contribution is 2.42. The lowest BCUT2D eigenvalue weighted by molar-refractivity contribution is -0.276. The Labute approximate surface area is 232 Å². The monoisotopic (exact) mass is 570 g/mol. The van der Waals surface area contributed by atoms with Gasteiger partial charge in [-0.3, -0.25) is 9.69 Å². The van der Waals surface area contributed by atoms with Crippen LogP contribution in [0.2, 0.25) is 0 Å². The van der Waals surface area contributed by atoms with E-state index in [-0.39, 0.29) is 43.9 Å². The molecule has 2 aliphatic rings. The molecular weight excluding hydrogens is 539 g/mol. The number of nitrogens with zero attached hydrogens (tertiary/aromatic N) is 1. The molecule has 4 rings (SSSR count). The van der Waals surface area contributed by atoms with Crippen molar-refractivity contribution >= 4 is 40.7 Å². The van der Waals surface area contributed by atoms with E-state index >= 15 is 0 Å². The molecule has 37 heavy (non-hydrogen) atoms. The summed E-state index contributed by atoms with van der Waals surface area (Å²) in [5.41, 5.74) is 3.56. The summed E-state index contributed by atoms with van der Waals surface area (Å²) in [5.74, 6) is -0.622. The van der Waals surface area contributed by atoms with E-state index in [4.69, 9.17) is 44.3 Å². The number of aliphatic hydroxyl groups excluding tert-OH is 2. The fourth-order valence-electron chi connectivity index (χ4n) is 4.98. The van der Waals surface area contributed by atoms with Crippen molar-refractivity contribution in [2.75, 3.05) is 19.7 Å². The molecule has 10 heteroatoms. The number of alkyl halides is 3. The van der Waals surface area contributed by atoms with Crippen molar-refractivity contribution in [3.8, 4) is 0 Å². The van der Waals surface area contributed by atoms with E-state index < -0.39 is 16.0 Å². The van der Waals surface area contributed by atoms with Crippen molar-refractivity contribution in [1.82, 2.24) is 10.2 Å². The number of benzene rings is 2. The van der Waals surface area contributed by atoms with Gasteiger partial charge in [0.15, 0.2) is 6.29 Å². The van der Waals surface area contributed by atoms with Crippen LogP contribution in [0.1, 0.15) is 54.4 Å². The fraction of sp³-hybridized carbons (Fsp3) is 0.519. The second-order valence-electron chi connectivity index (χ2n) is 9.72. The molecular formula is C27H33Cl3N2O5. The van der Waals surface area contributed by atoms with Gasteiger partial charge in [0.1, 0.15) is 0 Å². The zero-order chi connectivity index (χ0) is 26.6. The molecule has 7 nitrogen and oxygen atoms in total. The zero-order valence-corrected chi connectivity index (χ0v) is 22.9. The van der Waals surface area contributed by atoms with Crippen LogP contribution >= 0.6 is 34.8 Å². The summed E-state index contributed by atoms with van der Waals surface area (Å²) in [6, 6.07) is 15.5. The highest BCUT2D eigenvalue weighted by Gasteiger charge is 2.40. The zero-order valence-electron chi connectivity index (χ0n) is 20.7. The van der Waals surface area contributed by atoms with E-state index in [0.29, 0.717) is 6.54 Å². The van der Waals surface area contributed by atoms with Gasteiger partial charge in [-0.2, -0.15) is 0 Å². The number of likely N-dealkylation sites (tertiary alicyclic amines) is 1. The largest absolute Gasteiger partial charge is 0.395 e. The topological polar surface area (TPSA) is 91.3 Å². The summed E-state index contributed by atoms with van der Waals surface area (Å²) >= 11 is 16.9. The Morgan fingerprint density at radius 2 is 1.68 bits per heavy atom. The van der Waals surface area contributed by atoms with Crippen LogP contribution in [0.5, 0.6) is 0 Å². The highest BCUT2D eigenvalue weighted by atomic mass is 35.6. The molecule has 2 aromatic rings. The predicted octanol–water partition coefficient (Wildman–Crippen LogP) is 4.41. The van der Waals surface area contributed by atoms with Gasteiger partial charge in [-0.05, 0) is 36.1 Å². The van der Waals surface area contributed by atoms with Gasteiger partial charge in [-0.1, -0.05) is 90.3 Å². The molecule has 2 aromatic carbocycles.